The third-order valence-corrected chi connectivity index (χ3v) is 2.75. The Hall–Kier alpha value is -1.06. The van der Waals surface area contributed by atoms with Gasteiger partial charge in [0.1, 0.15) is 6.61 Å². The number of nitrogens with one attached hydrogen (secondary N) is 1. The molecule has 0 aromatic heterocycles. The van der Waals surface area contributed by atoms with Crippen LogP contribution in [0.5, 0.6) is 0 Å². The van der Waals surface area contributed by atoms with E-state index in [1.165, 1.54) is 0 Å². The Labute approximate surface area is 111 Å². The summed E-state index contributed by atoms with van der Waals surface area (Å²) in [6.45, 7) is 13.5. The number of carbonyl (C=O) groups excluding carboxylic acids is 1. The van der Waals surface area contributed by atoms with E-state index in [1.54, 1.807) is 0 Å². The van der Waals surface area contributed by atoms with E-state index >= 15 is 0 Å². The first-order chi connectivity index (χ1) is 8.23. The van der Waals surface area contributed by atoms with Crippen molar-refractivity contribution in [2.75, 3.05) is 13.2 Å². The first kappa shape index (κ1) is 16.9. The molecular weight excluding hydrogens is 228 g/mol. The van der Waals surface area contributed by atoms with E-state index < -0.39 is 0 Å². The molecule has 0 radical (unpaired) electrons. The molecule has 0 bridgehead atoms. The Balaban J connectivity index is 3.69. The van der Waals surface area contributed by atoms with Gasteiger partial charge in [0.05, 0.1) is 12.1 Å². The fourth-order valence-electron chi connectivity index (χ4n) is 1.01. The zero-order chi connectivity index (χ0) is 14.2. The van der Waals surface area contributed by atoms with Crippen molar-refractivity contribution in [3.05, 3.63) is 0 Å². The van der Waals surface area contributed by atoms with Crippen LogP contribution in [-0.2, 0) is 9.63 Å². The lowest BCUT2D eigenvalue weighted by atomic mass is 9.91. The minimum Gasteiger partial charge on any atom is -0.395 e. The molecule has 4 heteroatoms. The topological polar surface area (TPSA) is 50.7 Å². The number of nitrogens with zero attached hydrogens (tertiary/aromatic N) is 1. The van der Waals surface area contributed by atoms with Crippen molar-refractivity contribution in [3.63, 3.8) is 0 Å². The molecule has 1 amide bonds. The molecule has 0 spiro atoms. The van der Waals surface area contributed by atoms with Crippen LogP contribution in [-0.4, -0.2) is 24.8 Å². The van der Waals surface area contributed by atoms with Gasteiger partial charge in [-0.3, -0.25) is 4.79 Å². The molecule has 0 aromatic rings. The van der Waals surface area contributed by atoms with Crippen LogP contribution in [0, 0.1) is 11.3 Å². The molecule has 0 aliphatic rings. The zero-order valence-corrected chi connectivity index (χ0v) is 12.7. The molecule has 0 atom stereocenters. The first-order valence-corrected chi connectivity index (χ1v) is 6.67. The highest BCUT2D eigenvalue weighted by Gasteiger charge is 2.14. The van der Waals surface area contributed by atoms with Gasteiger partial charge in [0, 0.05) is 12.0 Å². The van der Waals surface area contributed by atoms with Crippen LogP contribution in [0.4, 0.5) is 0 Å². The quantitative estimate of drug-likeness (QED) is 0.432. The summed E-state index contributed by atoms with van der Waals surface area (Å²) in [5.74, 6) is 0.639. The molecule has 0 saturated heterocycles. The predicted molar refractivity (Wildman–Crippen MR) is 75.6 cm³/mol. The van der Waals surface area contributed by atoms with Gasteiger partial charge in [-0.15, -0.1) is 0 Å². The summed E-state index contributed by atoms with van der Waals surface area (Å²) in [4.78, 5) is 16.6. The summed E-state index contributed by atoms with van der Waals surface area (Å²) < 4.78 is 0. The van der Waals surface area contributed by atoms with Crippen LogP contribution < -0.4 is 5.32 Å². The third-order valence-electron chi connectivity index (χ3n) is 2.75. The highest BCUT2D eigenvalue weighted by molar-refractivity contribution is 5.86. The maximum absolute atomic E-state index is 11.4. The largest absolute Gasteiger partial charge is 0.395 e. The van der Waals surface area contributed by atoms with Crippen LogP contribution in [0.1, 0.15) is 54.4 Å². The normalized spacial score (nSPS) is 12.7. The van der Waals surface area contributed by atoms with Crippen LogP contribution >= 0.6 is 0 Å². The van der Waals surface area contributed by atoms with Crippen LogP contribution in [0.3, 0.4) is 0 Å². The number of carbonyl (C=O) groups is 1. The van der Waals surface area contributed by atoms with Gasteiger partial charge in [-0.05, 0) is 19.3 Å². The molecule has 0 heterocycles. The lowest BCUT2D eigenvalue weighted by Gasteiger charge is -2.16. The fourth-order valence-corrected chi connectivity index (χ4v) is 1.01. The summed E-state index contributed by atoms with van der Waals surface area (Å²) in [7, 11) is 0. The minimum atomic E-state index is 0.0134. The van der Waals surface area contributed by atoms with Crippen molar-refractivity contribution < 1.29 is 9.63 Å². The van der Waals surface area contributed by atoms with E-state index in [0.29, 0.717) is 18.9 Å². The van der Waals surface area contributed by atoms with Crippen LogP contribution in [0.15, 0.2) is 5.16 Å². The fraction of sp³-hybridized carbons (Fsp3) is 0.857. The maximum Gasteiger partial charge on any atom is 0.223 e. The molecule has 106 valence electrons. The number of hydrogen-bond acceptors (Lipinski definition) is 3. The van der Waals surface area contributed by atoms with Gasteiger partial charge in [-0.2, -0.15) is 0 Å². The Bertz CT molecular complexity index is 278. The van der Waals surface area contributed by atoms with E-state index in [0.717, 1.165) is 18.7 Å². The molecule has 0 aromatic carbocycles. The number of rotatable bonds is 7. The lowest BCUT2D eigenvalue weighted by Crippen LogP contribution is -2.26. The highest BCUT2D eigenvalue weighted by Crippen LogP contribution is 2.15. The number of amides is 1. The molecule has 0 aliphatic heterocycles. The smallest absolute Gasteiger partial charge is 0.223 e. The Morgan fingerprint density at radius 1 is 1.33 bits per heavy atom. The first-order valence-electron chi connectivity index (χ1n) is 6.67. The summed E-state index contributed by atoms with van der Waals surface area (Å²) in [6.07, 6.45) is 1.37. The van der Waals surface area contributed by atoms with Crippen molar-refractivity contribution in [1.82, 2.24) is 5.32 Å². The number of oxime groups is 1. The minimum absolute atomic E-state index is 0.0134. The van der Waals surface area contributed by atoms with Crippen molar-refractivity contribution in [3.8, 4) is 0 Å². The Morgan fingerprint density at radius 3 is 2.44 bits per heavy atom. The molecule has 0 saturated carbocycles. The Kier molecular flexibility index (Phi) is 7.64. The van der Waals surface area contributed by atoms with Gasteiger partial charge in [-0.1, -0.05) is 39.8 Å². The monoisotopic (exact) mass is 256 g/mol. The van der Waals surface area contributed by atoms with E-state index in [2.05, 4.69) is 45.1 Å². The summed E-state index contributed by atoms with van der Waals surface area (Å²) in [6, 6.07) is 0. The van der Waals surface area contributed by atoms with E-state index in [-0.39, 0.29) is 11.3 Å². The summed E-state index contributed by atoms with van der Waals surface area (Å²) in [5.41, 5.74) is 0.946. The predicted octanol–water partition coefficient (Wildman–Crippen LogP) is 2.98. The average Bonchev–Trinajstić information content (AvgIpc) is 2.22. The van der Waals surface area contributed by atoms with Crippen molar-refractivity contribution in [2.45, 2.75) is 54.4 Å². The van der Waals surface area contributed by atoms with Gasteiger partial charge in [-0.25, -0.2) is 0 Å². The average molecular weight is 256 g/mol. The van der Waals surface area contributed by atoms with Crippen LogP contribution in [0.25, 0.3) is 0 Å². The Morgan fingerprint density at radius 2 is 1.94 bits per heavy atom. The van der Waals surface area contributed by atoms with Gasteiger partial charge >= 0.3 is 0 Å². The maximum atomic E-state index is 11.4. The van der Waals surface area contributed by atoms with Gasteiger partial charge in [0.2, 0.25) is 5.91 Å². The third kappa shape index (κ3) is 9.02. The molecule has 18 heavy (non-hydrogen) atoms. The molecule has 1 N–H and O–H groups in total. The van der Waals surface area contributed by atoms with Gasteiger partial charge < -0.3 is 10.2 Å². The van der Waals surface area contributed by atoms with Crippen molar-refractivity contribution in [1.29, 1.82) is 0 Å². The van der Waals surface area contributed by atoms with Crippen molar-refractivity contribution >= 4 is 11.6 Å². The second-order valence-corrected chi connectivity index (χ2v) is 6.04. The zero-order valence-electron chi connectivity index (χ0n) is 12.7. The second kappa shape index (κ2) is 8.11. The molecular formula is C14H28N2O2. The SMILES string of the molecule is C/C(=N/OCCC(=O)NCCC(C)C)C(C)(C)C. The molecule has 0 rings (SSSR count). The van der Waals surface area contributed by atoms with Crippen LogP contribution in [0.2, 0.25) is 0 Å². The van der Waals surface area contributed by atoms with E-state index in [9.17, 15) is 4.79 Å². The van der Waals surface area contributed by atoms with E-state index in [1.807, 2.05) is 6.92 Å². The summed E-state index contributed by atoms with van der Waals surface area (Å²) in [5, 5.41) is 6.88. The molecule has 0 fully saturated rings. The van der Waals surface area contributed by atoms with Gasteiger partial charge in [0.15, 0.2) is 0 Å². The molecule has 0 aliphatic carbocycles. The van der Waals surface area contributed by atoms with E-state index in [4.69, 9.17) is 4.84 Å². The summed E-state index contributed by atoms with van der Waals surface area (Å²) >= 11 is 0. The van der Waals surface area contributed by atoms with Crippen molar-refractivity contribution in [2.24, 2.45) is 16.5 Å². The van der Waals surface area contributed by atoms with Gasteiger partial charge in [0.25, 0.3) is 0 Å². The molecule has 0 unspecified atom stereocenters. The second-order valence-electron chi connectivity index (χ2n) is 6.04. The lowest BCUT2D eigenvalue weighted by molar-refractivity contribution is -0.122. The molecule has 4 nitrogen and oxygen atoms in total. The standard InChI is InChI=1S/C14H28N2O2/c1-11(2)7-9-15-13(17)8-10-18-16-12(3)14(4,5)6/h11H,7-10H2,1-6H3,(H,15,17)/b16-12-. The number of hydrogen-bond donors (Lipinski definition) is 1. The highest BCUT2D eigenvalue weighted by atomic mass is 16.6.